The van der Waals surface area contributed by atoms with Crippen LogP contribution in [0.25, 0.3) is 0 Å². The SMILES string of the molecule is O=C(NCC1CN2CCCC2CO1)C1=NOC(c2ccccc2)C1. The maximum absolute atomic E-state index is 12.3. The lowest BCUT2D eigenvalue weighted by molar-refractivity contribution is -0.116. The van der Waals surface area contributed by atoms with E-state index in [9.17, 15) is 4.79 Å². The third-order valence-electron chi connectivity index (χ3n) is 5.05. The third kappa shape index (κ3) is 3.30. The fourth-order valence-electron chi connectivity index (χ4n) is 3.68. The number of fused-ring (bicyclic) bond motifs is 1. The van der Waals surface area contributed by atoms with Crippen LogP contribution in [0.15, 0.2) is 35.5 Å². The summed E-state index contributed by atoms with van der Waals surface area (Å²) in [5.74, 6) is -0.152. The van der Waals surface area contributed by atoms with Gasteiger partial charge in [-0.2, -0.15) is 0 Å². The first kappa shape index (κ1) is 15.6. The summed E-state index contributed by atoms with van der Waals surface area (Å²) in [5, 5.41) is 6.91. The number of rotatable bonds is 4. The number of benzene rings is 1. The number of morpholine rings is 1. The Hall–Kier alpha value is -1.92. The molecule has 0 saturated carbocycles. The zero-order valence-corrected chi connectivity index (χ0v) is 13.7. The molecule has 0 aliphatic carbocycles. The molecule has 3 aliphatic rings. The van der Waals surface area contributed by atoms with Gasteiger partial charge in [-0.3, -0.25) is 9.69 Å². The van der Waals surface area contributed by atoms with E-state index in [4.69, 9.17) is 9.57 Å². The van der Waals surface area contributed by atoms with Gasteiger partial charge in [-0.25, -0.2) is 0 Å². The molecule has 24 heavy (non-hydrogen) atoms. The van der Waals surface area contributed by atoms with E-state index in [2.05, 4.69) is 15.4 Å². The van der Waals surface area contributed by atoms with E-state index in [1.165, 1.54) is 12.8 Å². The normalized spacial score (nSPS) is 29.7. The maximum atomic E-state index is 12.3. The van der Waals surface area contributed by atoms with Gasteiger partial charge in [-0.05, 0) is 24.9 Å². The fraction of sp³-hybridized carbons (Fsp3) is 0.556. The van der Waals surface area contributed by atoms with Gasteiger partial charge in [0, 0.05) is 25.6 Å². The number of carbonyl (C=O) groups is 1. The highest BCUT2D eigenvalue weighted by Gasteiger charge is 2.33. The van der Waals surface area contributed by atoms with Crippen LogP contribution in [0.4, 0.5) is 0 Å². The number of hydrogen-bond acceptors (Lipinski definition) is 5. The highest BCUT2D eigenvalue weighted by molar-refractivity contribution is 6.39. The number of nitrogens with one attached hydrogen (secondary N) is 1. The molecule has 1 N–H and O–H groups in total. The zero-order valence-electron chi connectivity index (χ0n) is 13.7. The van der Waals surface area contributed by atoms with Crippen LogP contribution in [0.2, 0.25) is 0 Å². The Morgan fingerprint density at radius 3 is 3.08 bits per heavy atom. The maximum Gasteiger partial charge on any atom is 0.269 e. The highest BCUT2D eigenvalue weighted by Crippen LogP contribution is 2.27. The lowest BCUT2D eigenvalue weighted by atomic mass is 10.0. The van der Waals surface area contributed by atoms with Gasteiger partial charge >= 0.3 is 0 Å². The number of nitrogens with zero attached hydrogens (tertiary/aromatic N) is 2. The lowest BCUT2D eigenvalue weighted by Crippen LogP contribution is -2.50. The van der Waals surface area contributed by atoms with Gasteiger partial charge in [0.15, 0.2) is 6.10 Å². The molecule has 3 atom stereocenters. The van der Waals surface area contributed by atoms with Crippen LogP contribution in [0, 0.1) is 0 Å². The second-order valence-corrected chi connectivity index (χ2v) is 6.70. The molecular weight excluding hydrogens is 306 g/mol. The van der Waals surface area contributed by atoms with Gasteiger partial charge in [-0.15, -0.1) is 0 Å². The van der Waals surface area contributed by atoms with Gasteiger partial charge < -0.3 is 14.9 Å². The molecule has 128 valence electrons. The van der Waals surface area contributed by atoms with Crippen LogP contribution in [0.1, 0.15) is 30.9 Å². The molecule has 3 unspecified atom stereocenters. The number of hydrogen-bond donors (Lipinski definition) is 1. The molecule has 1 aromatic rings. The quantitative estimate of drug-likeness (QED) is 0.909. The molecule has 0 radical (unpaired) electrons. The van der Waals surface area contributed by atoms with Gasteiger partial charge in [0.25, 0.3) is 5.91 Å². The summed E-state index contributed by atoms with van der Waals surface area (Å²) >= 11 is 0. The molecule has 4 rings (SSSR count). The molecule has 1 aromatic carbocycles. The van der Waals surface area contributed by atoms with Crippen molar-refractivity contribution in [2.24, 2.45) is 5.16 Å². The largest absolute Gasteiger partial charge is 0.387 e. The van der Waals surface area contributed by atoms with Gasteiger partial charge in [-0.1, -0.05) is 35.5 Å². The van der Waals surface area contributed by atoms with Crippen LogP contribution in [-0.4, -0.2) is 54.9 Å². The summed E-state index contributed by atoms with van der Waals surface area (Å²) in [4.78, 5) is 20.2. The van der Waals surface area contributed by atoms with Crippen molar-refractivity contribution in [1.82, 2.24) is 10.2 Å². The average molecular weight is 329 g/mol. The van der Waals surface area contributed by atoms with Crippen molar-refractivity contribution < 1.29 is 14.4 Å². The molecule has 6 heteroatoms. The highest BCUT2D eigenvalue weighted by atomic mass is 16.6. The van der Waals surface area contributed by atoms with Gasteiger partial charge in [0.1, 0.15) is 5.71 Å². The second kappa shape index (κ2) is 6.91. The molecule has 0 bridgehead atoms. The zero-order chi connectivity index (χ0) is 16.4. The van der Waals surface area contributed by atoms with Crippen molar-refractivity contribution in [2.75, 3.05) is 26.2 Å². The van der Waals surface area contributed by atoms with E-state index in [0.29, 0.717) is 24.7 Å². The van der Waals surface area contributed by atoms with Crippen LogP contribution in [0.3, 0.4) is 0 Å². The molecule has 3 heterocycles. The lowest BCUT2D eigenvalue weighted by Gasteiger charge is -2.35. The predicted octanol–water partition coefficient (Wildman–Crippen LogP) is 1.48. The first-order valence-electron chi connectivity index (χ1n) is 8.71. The van der Waals surface area contributed by atoms with Crippen molar-refractivity contribution in [3.63, 3.8) is 0 Å². The van der Waals surface area contributed by atoms with E-state index in [1.54, 1.807) is 0 Å². The smallest absolute Gasteiger partial charge is 0.269 e. The van der Waals surface area contributed by atoms with Crippen molar-refractivity contribution in [3.8, 4) is 0 Å². The minimum absolute atomic E-state index is 0.0659. The number of amides is 1. The molecular formula is C18H23N3O3. The summed E-state index contributed by atoms with van der Waals surface area (Å²) in [5.41, 5.74) is 1.50. The number of ether oxygens (including phenoxy) is 1. The third-order valence-corrected chi connectivity index (χ3v) is 5.05. The monoisotopic (exact) mass is 329 g/mol. The van der Waals surface area contributed by atoms with E-state index in [1.807, 2.05) is 30.3 Å². The number of oxime groups is 1. The topological polar surface area (TPSA) is 63.2 Å². The minimum Gasteiger partial charge on any atom is -0.387 e. The van der Waals surface area contributed by atoms with E-state index in [0.717, 1.165) is 25.3 Å². The van der Waals surface area contributed by atoms with E-state index < -0.39 is 0 Å². The fourth-order valence-corrected chi connectivity index (χ4v) is 3.68. The number of carbonyl (C=O) groups excluding carboxylic acids is 1. The summed E-state index contributed by atoms with van der Waals surface area (Å²) in [6, 6.07) is 10.4. The van der Waals surface area contributed by atoms with Crippen molar-refractivity contribution >= 4 is 11.6 Å². The summed E-state index contributed by atoms with van der Waals surface area (Å²) < 4.78 is 5.87. The predicted molar refractivity (Wildman–Crippen MR) is 89.7 cm³/mol. The standard InChI is InChI=1S/C18H23N3O3/c22-18(16-9-17(24-20-16)13-5-2-1-3-6-13)19-10-15-11-21-8-4-7-14(21)12-23-15/h1-3,5-6,14-15,17H,4,7-12H2,(H,19,22). The molecule has 2 saturated heterocycles. The molecule has 0 aromatic heterocycles. The molecule has 6 nitrogen and oxygen atoms in total. The van der Waals surface area contributed by atoms with Crippen molar-refractivity contribution in [2.45, 2.75) is 37.5 Å². The Kier molecular flexibility index (Phi) is 4.49. The molecule has 0 spiro atoms. The first-order valence-corrected chi connectivity index (χ1v) is 8.71. The molecule has 3 aliphatic heterocycles. The Bertz CT molecular complexity index is 619. The van der Waals surface area contributed by atoms with E-state index in [-0.39, 0.29) is 18.1 Å². The van der Waals surface area contributed by atoms with Gasteiger partial charge in [0.05, 0.1) is 12.7 Å². The first-order chi connectivity index (χ1) is 11.8. The Morgan fingerprint density at radius 1 is 1.33 bits per heavy atom. The van der Waals surface area contributed by atoms with Gasteiger partial charge in [0.2, 0.25) is 0 Å². The average Bonchev–Trinajstić information content (AvgIpc) is 3.29. The Morgan fingerprint density at radius 2 is 2.21 bits per heavy atom. The van der Waals surface area contributed by atoms with Crippen molar-refractivity contribution in [1.29, 1.82) is 0 Å². The van der Waals surface area contributed by atoms with Crippen LogP contribution >= 0.6 is 0 Å². The van der Waals surface area contributed by atoms with Crippen LogP contribution in [0.5, 0.6) is 0 Å². The second-order valence-electron chi connectivity index (χ2n) is 6.70. The summed E-state index contributed by atoms with van der Waals surface area (Å²) in [6.45, 7) is 3.36. The van der Waals surface area contributed by atoms with Crippen LogP contribution < -0.4 is 5.32 Å². The van der Waals surface area contributed by atoms with Crippen LogP contribution in [-0.2, 0) is 14.4 Å². The summed E-state index contributed by atoms with van der Waals surface area (Å²) in [7, 11) is 0. The van der Waals surface area contributed by atoms with E-state index >= 15 is 0 Å². The molecule has 1 amide bonds. The Labute approximate surface area is 141 Å². The minimum atomic E-state index is -0.164. The summed E-state index contributed by atoms with van der Waals surface area (Å²) in [6.07, 6.45) is 2.89. The Balaban J connectivity index is 1.25. The molecule has 2 fully saturated rings. The van der Waals surface area contributed by atoms with Crippen molar-refractivity contribution in [3.05, 3.63) is 35.9 Å².